The summed E-state index contributed by atoms with van der Waals surface area (Å²) in [6.45, 7) is 3.98. The minimum absolute atomic E-state index is 0.0247. The fraction of sp³-hybridized carbons (Fsp3) is 0.263. The van der Waals surface area contributed by atoms with Crippen molar-refractivity contribution < 1.29 is 9.84 Å². The molecule has 0 amide bonds. The summed E-state index contributed by atoms with van der Waals surface area (Å²) in [4.78, 5) is 8.85. The van der Waals surface area contributed by atoms with Crippen LogP contribution in [0.1, 0.15) is 12.5 Å². The summed E-state index contributed by atoms with van der Waals surface area (Å²) in [7, 11) is 1.66. The Kier molecular flexibility index (Phi) is 4.62. The Morgan fingerprint density at radius 2 is 2.00 bits per heavy atom. The molecule has 5 nitrogen and oxygen atoms in total. The van der Waals surface area contributed by atoms with E-state index in [-0.39, 0.29) is 12.6 Å². The minimum atomic E-state index is -0.101. The van der Waals surface area contributed by atoms with Crippen LogP contribution in [0.4, 0.5) is 5.95 Å². The summed E-state index contributed by atoms with van der Waals surface area (Å²) in [6, 6.07) is 12.1. The van der Waals surface area contributed by atoms with Gasteiger partial charge in [-0.15, -0.1) is 0 Å². The highest BCUT2D eigenvalue weighted by atomic mass is 16.5. The molecule has 0 radical (unpaired) electrons. The first-order chi connectivity index (χ1) is 11.6. The molecule has 24 heavy (non-hydrogen) atoms. The van der Waals surface area contributed by atoms with E-state index in [1.165, 1.54) is 5.56 Å². The van der Waals surface area contributed by atoms with Gasteiger partial charge in [0, 0.05) is 29.3 Å². The molecule has 5 heteroatoms. The molecule has 0 bridgehead atoms. The summed E-state index contributed by atoms with van der Waals surface area (Å²) in [5, 5.41) is 13.1. The number of aliphatic hydroxyl groups excluding tert-OH is 1. The average molecular weight is 323 g/mol. The maximum atomic E-state index is 9.14. The molecular weight excluding hydrogens is 302 g/mol. The maximum Gasteiger partial charge on any atom is 0.223 e. The molecule has 1 aromatic heterocycles. The number of aryl methyl sites for hydroxylation is 1. The lowest BCUT2D eigenvalue weighted by atomic mass is 9.98. The molecule has 0 saturated carbocycles. The molecule has 2 aromatic carbocycles. The van der Waals surface area contributed by atoms with Gasteiger partial charge in [0.05, 0.1) is 19.2 Å². The van der Waals surface area contributed by atoms with E-state index in [0.29, 0.717) is 5.95 Å². The third-order valence-corrected chi connectivity index (χ3v) is 3.99. The number of anilines is 1. The van der Waals surface area contributed by atoms with E-state index in [0.717, 1.165) is 27.8 Å². The Morgan fingerprint density at radius 3 is 2.71 bits per heavy atom. The number of aliphatic hydroxyl groups is 1. The first-order valence-corrected chi connectivity index (χ1v) is 7.90. The van der Waals surface area contributed by atoms with E-state index in [1.807, 2.05) is 25.1 Å². The zero-order chi connectivity index (χ0) is 17.1. The van der Waals surface area contributed by atoms with Crippen molar-refractivity contribution in [1.82, 2.24) is 9.97 Å². The van der Waals surface area contributed by atoms with Crippen LogP contribution in [0, 0.1) is 6.92 Å². The van der Waals surface area contributed by atoms with E-state index >= 15 is 0 Å². The zero-order valence-electron chi connectivity index (χ0n) is 14.1. The van der Waals surface area contributed by atoms with Crippen LogP contribution >= 0.6 is 0 Å². The van der Waals surface area contributed by atoms with Crippen molar-refractivity contribution in [2.45, 2.75) is 19.9 Å². The Bertz CT molecular complexity index is 864. The lowest BCUT2D eigenvalue weighted by molar-refractivity contribution is 0.281. The van der Waals surface area contributed by atoms with E-state index in [9.17, 15) is 0 Å². The standard InChI is InChI=1S/C19H21N3O2/c1-12-6-4-5-7-15(12)16-8-14-10-20-19(21-13(2)11-23)22-17(14)9-18(16)24-3/h4-10,13,23H,11H2,1-3H3,(H,20,21,22)/t13-/m0/s1. The molecule has 1 atom stereocenters. The van der Waals surface area contributed by atoms with E-state index < -0.39 is 0 Å². The molecule has 2 N–H and O–H groups in total. The Morgan fingerprint density at radius 1 is 1.21 bits per heavy atom. The summed E-state index contributed by atoms with van der Waals surface area (Å²) in [5.74, 6) is 1.27. The third-order valence-electron chi connectivity index (χ3n) is 3.99. The van der Waals surface area contributed by atoms with E-state index in [4.69, 9.17) is 9.84 Å². The highest BCUT2D eigenvalue weighted by Gasteiger charge is 2.12. The summed E-state index contributed by atoms with van der Waals surface area (Å²) in [5.41, 5.74) is 4.14. The Hall–Kier alpha value is -2.66. The number of fused-ring (bicyclic) bond motifs is 1. The van der Waals surface area contributed by atoms with Crippen molar-refractivity contribution in [3.05, 3.63) is 48.2 Å². The van der Waals surface area contributed by atoms with Gasteiger partial charge in [-0.25, -0.2) is 9.97 Å². The second-order valence-electron chi connectivity index (χ2n) is 5.85. The molecule has 0 aliphatic carbocycles. The van der Waals surface area contributed by atoms with Gasteiger partial charge >= 0.3 is 0 Å². The fourth-order valence-corrected chi connectivity index (χ4v) is 2.65. The largest absolute Gasteiger partial charge is 0.496 e. The number of nitrogens with zero attached hydrogens (tertiary/aromatic N) is 2. The van der Waals surface area contributed by atoms with Gasteiger partial charge in [0.1, 0.15) is 5.75 Å². The molecule has 1 heterocycles. The van der Waals surface area contributed by atoms with Gasteiger partial charge < -0.3 is 15.2 Å². The van der Waals surface area contributed by atoms with Gasteiger partial charge in [0.2, 0.25) is 5.95 Å². The number of aromatic nitrogens is 2. The van der Waals surface area contributed by atoms with Gasteiger partial charge in [0.15, 0.2) is 0 Å². The van der Waals surface area contributed by atoms with Crippen molar-refractivity contribution in [2.24, 2.45) is 0 Å². The number of ether oxygens (including phenoxy) is 1. The average Bonchev–Trinajstić information content (AvgIpc) is 2.61. The van der Waals surface area contributed by atoms with Crippen LogP contribution in [0.25, 0.3) is 22.0 Å². The topological polar surface area (TPSA) is 67.3 Å². The smallest absolute Gasteiger partial charge is 0.223 e. The molecular formula is C19H21N3O2. The van der Waals surface area contributed by atoms with Crippen molar-refractivity contribution >= 4 is 16.9 Å². The molecule has 0 spiro atoms. The van der Waals surface area contributed by atoms with Crippen LogP contribution < -0.4 is 10.1 Å². The number of rotatable bonds is 5. The van der Waals surface area contributed by atoms with Gasteiger partial charge in [0.25, 0.3) is 0 Å². The molecule has 3 aromatic rings. The van der Waals surface area contributed by atoms with Gasteiger partial charge in [-0.05, 0) is 31.0 Å². The number of hydrogen-bond donors (Lipinski definition) is 2. The fourth-order valence-electron chi connectivity index (χ4n) is 2.65. The number of benzene rings is 2. The van der Waals surface area contributed by atoms with Gasteiger partial charge in [-0.2, -0.15) is 0 Å². The maximum absolute atomic E-state index is 9.14. The van der Waals surface area contributed by atoms with Crippen molar-refractivity contribution in [3.63, 3.8) is 0 Å². The summed E-state index contributed by atoms with van der Waals surface area (Å²) < 4.78 is 5.58. The summed E-state index contributed by atoms with van der Waals surface area (Å²) in [6.07, 6.45) is 1.79. The van der Waals surface area contributed by atoms with E-state index in [2.05, 4.69) is 40.4 Å². The minimum Gasteiger partial charge on any atom is -0.496 e. The predicted molar refractivity (Wildman–Crippen MR) is 96.4 cm³/mol. The second-order valence-corrected chi connectivity index (χ2v) is 5.85. The van der Waals surface area contributed by atoms with E-state index in [1.54, 1.807) is 13.3 Å². The monoisotopic (exact) mass is 323 g/mol. The zero-order valence-corrected chi connectivity index (χ0v) is 14.1. The number of methoxy groups -OCH3 is 1. The lowest BCUT2D eigenvalue weighted by Crippen LogP contribution is -2.20. The Labute approximate surface area is 141 Å². The molecule has 0 unspecified atom stereocenters. The second kappa shape index (κ2) is 6.84. The van der Waals surface area contributed by atoms with Crippen LogP contribution in [0.5, 0.6) is 5.75 Å². The molecule has 0 saturated heterocycles. The molecule has 0 fully saturated rings. The Balaban J connectivity index is 2.10. The number of hydrogen-bond acceptors (Lipinski definition) is 5. The van der Waals surface area contributed by atoms with Crippen molar-refractivity contribution in [2.75, 3.05) is 19.0 Å². The first kappa shape index (κ1) is 16.2. The van der Waals surface area contributed by atoms with Crippen LogP contribution in [-0.2, 0) is 0 Å². The van der Waals surface area contributed by atoms with Gasteiger partial charge in [-0.3, -0.25) is 0 Å². The molecule has 3 rings (SSSR count). The first-order valence-electron chi connectivity index (χ1n) is 7.90. The third kappa shape index (κ3) is 3.16. The van der Waals surface area contributed by atoms with Crippen LogP contribution in [-0.4, -0.2) is 34.8 Å². The van der Waals surface area contributed by atoms with Crippen LogP contribution in [0.2, 0.25) is 0 Å². The number of nitrogens with one attached hydrogen (secondary N) is 1. The summed E-state index contributed by atoms with van der Waals surface area (Å²) >= 11 is 0. The SMILES string of the molecule is COc1cc2nc(N[C@@H](C)CO)ncc2cc1-c1ccccc1C. The predicted octanol–water partition coefficient (Wildman–Crippen LogP) is 3.41. The molecule has 0 aliphatic rings. The quantitative estimate of drug-likeness (QED) is 0.753. The van der Waals surface area contributed by atoms with Crippen LogP contribution in [0.15, 0.2) is 42.6 Å². The van der Waals surface area contributed by atoms with Crippen molar-refractivity contribution in [3.8, 4) is 16.9 Å². The normalized spacial score (nSPS) is 12.2. The van der Waals surface area contributed by atoms with Crippen molar-refractivity contribution in [1.29, 1.82) is 0 Å². The van der Waals surface area contributed by atoms with Crippen LogP contribution in [0.3, 0.4) is 0 Å². The molecule has 124 valence electrons. The lowest BCUT2D eigenvalue weighted by Gasteiger charge is -2.14. The van der Waals surface area contributed by atoms with Gasteiger partial charge in [-0.1, -0.05) is 24.3 Å². The highest BCUT2D eigenvalue weighted by molar-refractivity contribution is 5.89. The molecule has 0 aliphatic heterocycles. The highest BCUT2D eigenvalue weighted by Crippen LogP contribution is 2.35.